The van der Waals surface area contributed by atoms with Crippen molar-refractivity contribution in [3.8, 4) is 11.5 Å². The molecule has 0 saturated carbocycles. The highest BCUT2D eigenvalue weighted by atomic mass is 28.3. The van der Waals surface area contributed by atoms with Gasteiger partial charge >= 0.3 is 6.18 Å². The molecule has 1 saturated heterocycles. The van der Waals surface area contributed by atoms with E-state index in [-0.39, 0.29) is 44.0 Å². The van der Waals surface area contributed by atoms with Crippen molar-refractivity contribution in [1.82, 2.24) is 9.55 Å². The fourth-order valence-electron chi connectivity index (χ4n) is 4.50. The number of carbonyl (C=O) groups is 1. The SMILES string of the molecule is C[Si](C)(C)CCOCn1cc(C(F)(F)F)c2c(Oc3c(F)cc(CC(=O)CCC4(C(F)F)COC4)cc3F)ccnc21. The van der Waals surface area contributed by atoms with Crippen molar-refractivity contribution in [3.05, 3.63) is 53.4 Å². The van der Waals surface area contributed by atoms with Crippen molar-refractivity contribution >= 4 is 24.9 Å². The van der Waals surface area contributed by atoms with E-state index in [1.54, 1.807) is 0 Å². The Morgan fingerprint density at radius 1 is 1.17 bits per heavy atom. The average Bonchev–Trinajstić information content (AvgIpc) is 3.23. The second kappa shape index (κ2) is 12.3. The standard InChI is InChI=1S/C28H31F7N2O4Si/c1-42(2,3)9-8-39-16-37-13-19(28(33,34)35)23-22(5-7-36-25(23)37)41-24-20(29)11-17(12-21(24)30)10-18(38)4-6-27(26(31)32)14-40-15-27/h5,7,11-13,26H,4,6,8-10,14-16H2,1-3H3. The zero-order chi connectivity index (χ0) is 30.9. The van der Waals surface area contributed by atoms with Crippen LogP contribution in [0.3, 0.4) is 0 Å². The molecular weight excluding hydrogens is 589 g/mol. The van der Waals surface area contributed by atoms with E-state index in [9.17, 15) is 35.5 Å². The van der Waals surface area contributed by atoms with Gasteiger partial charge in [0, 0.05) is 39.9 Å². The van der Waals surface area contributed by atoms with Gasteiger partial charge in [0.25, 0.3) is 0 Å². The van der Waals surface area contributed by atoms with Crippen LogP contribution in [0, 0.1) is 17.0 Å². The molecule has 42 heavy (non-hydrogen) atoms. The van der Waals surface area contributed by atoms with E-state index in [1.165, 1.54) is 0 Å². The van der Waals surface area contributed by atoms with Crippen molar-refractivity contribution in [3.63, 3.8) is 0 Å². The molecule has 0 atom stereocenters. The Labute approximate surface area is 238 Å². The van der Waals surface area contributed by atoms with Crippen LogP contribution in [0.4, 0.5) is 30.7 Å². The maximum absolute atomic E-state index is 15.0. The van der Waals surface area contributed by atoms with Gasteiger partial charge in [0.05, 0.1) is 29.6 Å². The van der Waals surface area contributed by atoms with Gasteiger partial charge in [0.15, 0.2) is 17.4 Å². The third kappa shape index (κ3) is 7.32. The van der Waals surface area contributed by atoms with E-state index in [0.717, 1.165) is 41.2 Å². The lowest BCUT2D eigenvalue weighted by Crippen LogP contribution is -2.48. The van der Waals surface area contributed by atoms with Crippen LogP contribution in [0.15, 0.2) is 30.6 Å². The van der Waals surface area contributed by atoms with Gasteiger partial charge in [-0.3, -0.25) is 4.79 Å². The number of aromatic nitrogens is 2. The number of Topliss-reactive ketones (excluding diaryl/α,β-unsaturated/α-hetero) is 1. The molecule has 0 N–H and O–H groups in total. The van der Waals surface area contributed by atoms with Crippen molar-refractivity contribution < 1.29 is 49.7 Å². The molecule has 14 heteroatoms. The van der Waals surface area contributed by atoms with E-state index in [0.29, 0.717) is 6.61 Å². The summed E-state index contributed by atoms with van der Waals surface area (Å²) in [7, 11) is -1.44. The van der Waals surface area contributed by atoms with Crippen molar-refractivity contribution in [1.29, 1.82) is 0 Å². The number of alkyl halides is 5. The van der Waals surface area contributed by atoms with E-state index in [4.69, 9.17) is 14.2 Å². The highest BCUT2D eigenvalue weighted by Gasteiger charge is 2.47. The minimum Gasteiger partial charge on any atom is -0.450 e. The molecule has 1 fully saturated rings. The van der Waals surface area contributed by atoms with Crippen LogP contribution < -0.4 is 4.74 Å². The van der Waals surface area contributed by atoms with Crippen LogP contribution in [0.5, 0.6) is 11.5 Å². The smallest absolute Gasteiger partial charge is 0.418 e. The van der Waals surface area contributed by atoms with Crippen molar-refractivity contribution in [2.45, 2.75) is 64.3 Å². The first-order chi connectivity index (χ1) is 19.6. The molecule has 0 bridgehead atoms. The highest BCUT2D eigenvalue weighted by Crippen LogP contribution is 2.42. The molecule has 1 aliphatic heterocycles. The maximum Gasteiger partial charge on any atom is 0.418 e. The van der Waals surface area contributed by atoms with Gasteiger partial charge in [-0.2, -0.15) is 13.2 Å². The summed E-state index contributed by atoms with van der Waals surface area (Å²) >= 11 is 0. The van der Waals surface area contributed by atoms with E-state index in [2.05, 4.69) is 24.6 Å². The largest absolute Gasteiger partial charge is 0.450 e. The summed E-state index contributed by atoms with van der Waals surface area (Å²) < 4.78 is 115. The minimum atomic E-state index is -4.83. The summed E-state index contributed by atoms with van der Waals surface area (Å²) in [5.41, 5.74) is -2.73. The zero-order valence-electron chi connectivity index (χ0n) is 23.3. The fraction of sp³-hybridized carbons (Fsp3) is 0.500. The third-order valence-corrected chi connectivity index (χ3v) is 8.77. The van der Waals surface area contributed by atoms with E-state index in [1.807, 2.05) is 0 Å². The summed E-state index contributed by atoms with van der Waals surface area (Å²) in [5, 5.41) is -0.496. The molecule has 4 rings (SSSR count). The normalized spacial score (nSPS) is 15.3. The first-order valence-corrected chi connectivity index (χ1v) is 17.0. The van der Waals surface area contributed by atoms with Gasteiger partial charge in [0.2, 0.25) is 6.43 Å². The van der Waals surface area contributed by atoms with E-state index >= 15 is 0 Å². The van der Waals surface area contributed by atoms with Gasteiger partial charge in [-0.25, -0.2) is 22.5 Å². The Balaban J connectivity index is 1.54. The predicted octanol–water partition coefficient (Wildman–Crippen LogP) is 7.61. The molecule has 6 nitrogen and oxygen atoms in total. The van der Waals surface area contributed by atoms with Gasteiger partial charge < -0.3 is 18.8 Å². The van der Waals surface area contributed by atoms with Crippen LogP contribution in [0.25, 0.3) is 11.0 Å². The molecule has 1 aliphatic rings. The molecule has 0 amide bonds. The number of fused-ring (bicyclic) bond motifs is 1. The number of halogens is 7. The number of hydrogen-bond acceptors (Lipinski definition) is 5. The molecule has 3 aromatic rings. The predicted molar refractivity (Wildman–Crippen MR) is 142 cm³/mol. The van der Waals surface area contributed by atoms with Crippen LogP contribution in [0.1, 0.15) is 24.0 Å². The number of rotatable bonds is 13. The highest BCUT2D eigenvalue weighted by molar-refractivity contribution is 6.76. The Morgan fingerprint density at radius 3 is 2.38 bits per heavy atom. The fourth-order valence-corrected chi connectivity index (χ4v) is 5.25. The van der Waals surface area contributed by atoms with Crippen LogP contribution in [-0.2, 0) is 33.6 Å². The quantitative estimate of drug-likeness (QED) is 0.112. The first-order valence-electron chi connectivity index (χ1n) is 13.3. The Morgan fingerprint density at radius 2 is 1.83 bits per heavy atom. The van der Waals surface area contributed by atoms with Crippen LogP contribution in [-0.4, -0.2) is 49.7 Å². The Hall–Kier alpha value is -2.97. The number of ether oxygens (including phenoxy) is 3. The second-order valence-corrected chi connectivity index (χ2v) is 17.3. The van der Waals surface area contributed by atoms with Gasteiger partial charge in [-0.15, -0.1) is 0 Å². The average molecular weight is 621 g/mol. The lowest BCUT2D eigenvalue weighted by atomic mass is 9.80. The molecule has 0 unspecified atom stereocenters. The van der Waals surface area contributed by atoms with Crippen LogP contribution >= 0.6 is 0 Å². The van der Waals surface area contributed by atoms with Gasteiger partial charge in [0.1, 0.15) is 23.9 Å². The third-order valence-electron chi connectivity index (χ3n) is 7.07. The lowest BCUT2D eigenvalue weighted by Gasteiger charge is -2.40. The first kappa shape index (κ1) is 32.0. The summed E-state index contributed by atoms with van der Waals surface area (Å²) in [6, 6.07) is 3.51. The molecule has 0 radical (unpaired) electrons. The zero-order valence-corrected chi connectivity index (χ0v) is 24.3. The molecule has 0 spiro atoms. The van der Waals surface area contributed by atoms with E-state index < -0.39 is 72.4 Å². The molecule has 1 aromatic carbocycles. The number of pyridine rings is 1. The topological polar surface area (TPSA) is 62.6 Å². The molecular formula is C28H31F7N2O4Si. The maximum atomic E-state index is 15.0. The summed E-state index contributed by atoms with van der Waals surface area (Å²) in [4.78, 5) is 16.4. The number of carbonyl (C=O) groups excluding carboxylic acids is 1. The molecule has 3 heterocycles. The number of nitrogens with zero attached hydrogens (tertiary/aromatic N) is 2. The van der Waals surface area contributed by atoms with Crippen LogP contribution in [0.2, 0.25) is 25.7 Å². The number of benzene rings is 1. The summed E-state index contributed by atoms with van der Waals surface area (Å²) in [6.45, 7) is 6.20. The van der Waals surface area contributed by atoms with Crippen molar-refractivity contribution in [2.24, 2.45) is 5.41 Å². The Bertz CT molecular complexity index is 1410. The number of ketones is 1. The van der Waals surface area contributed by atoms with Crippen molar-refractivity contribution in [2.75, 3.05) is 19.8 Å². The number of hydrogen-bond donors (Lipinski definition) is 0. The lowest BCUT2D eigenvalue weighted by molar-refractivity contribution is -0.189. The second-order valence-electron chi connectivity index (χ2n) is 11.7. The minimum absolute atomic E-state index is 0.0734. The summed E-state index contributed by atoms with van der Waals surface area (Å²) in [5.74, 6) is -4.44. The summed E-state index contributed by atoms with van der Waals surface area (Å²) in [6.07, 6.45) is -6.32. The molecule has 2 aromatic heterocycles. The molecule has 230 valence electrons. The molecule has 0 aliphatic carbocycles. The monoisotopic (exact) mass is 620 g/mol. The van der Waals surface area contributed by atoms with Gasteiger partial charge in [-0.1, -0.05) is 19.6 Å². The van der Waals surface area contributed by atoms with Gasteiger partial charge in [-0.05, 0) is 36.2 Å². The Kier molecular flexibility index (Phi) is 9.38.